The maximum absolute atomic E-state index is 13.0. The summed E-state index contributed by atoms with van der Waals surface area (Å²) in [6.07, 6.45) is 16.1. The molecular formula is C33H60O6Si. The molecule has 0 aromatic heterocycles. The molecule has 2 N–H and O–H groups in total. The number of ether oxygens (including phenoxy) is 2. The number of carbonyl (C=O) groups is 1. The Bertz CT molecular complexity index is 810. The number of hydrogen-bond acceptors (Lipinski definition) is 5. The van der Waals surface area contributed by atoms with Crippen molar-refractivity contribution in [2.24, 2.45) is 23.2 Å². The van der Waals surface area contributed by atoms with Gasteiger partial charge in [0.1, 0.15) is 0 Å². The summed E-state index contributed by atoms with van der Waals surface area (Å²) in [5.74, 6) is -0.141. The summed E-state index contributed by atoms with van der Waals surface area (Å²) in [5.41, 5.74) is -0.920. The molecule has 7 atom stereocenters. The highest BCUT2D eigenvalue weighted by molar-refractivity contribution is 6.74. The normalized spacial score (nSPS) is 31.4. The van der Waals surface area contributed by atoms with Crippen LogP contribution in [0.3, 0.4) is 0 Å². The highest BCUT2D eigenvalue weighted by atomic mass is 28.4. The Morgan fingerprint density at radius 1 is 1.02 bits per heavy atom. The van der Waals surface area contributed by atoms with Crippen LogP contribution in [-0.4, -0.2) is 55.7 Å². The minimum Gasteiger partial charge on any atom is -0.481 e. The van der Waals surface area contributed by atoms with E-state index in [1.807, 2.05) is 6.92 Å². The summed E-state index contributed by atoms with van der Waals surface area (Å²) in [7, 11) is -2.20. The number of allylic oxidation sites excluding steroid dienone is 1. The van der Waals surface area contributed by atoms with Gasteiger partial charge in [0, 0.05) is 13.0 Å². The average molecular weight is 581 g/mol. The largest absolute Gasteiger partial charge is 0.481 e. The second-order valence-electron chi connectivity index (χ2n) is 14.6. The van der Waals surface area contributed by atoms with Crippen molar-refractivity contribution in [3.63, 3.8) is 0 Å². The monoisotopic (exact) mass is 580 g/mol. The number of aliphatic hydroxyl groups excluding tert-OH is 1. The minimum atomic E-state index is -2.20. The molecule has 232 valence electrons. The molecule has 1 aliphatic heterocycles. The Kier molecular flexibility index (Phi) is 12.4. The van der Waals surface area contributed by atoms with E-state index in [9.17, 15) is 15.0 Å². The maximum atomic E-state index is 13.0. The smallest absolute Gasteiger partial charge is 0.312 e. The van der Waals surface area contributed by atoms with Crippen molar-refractivity contribution in [3.8, 4) is 0 Å². The molecule has 0 amide bonds. The number of hydrogen-bond donors (Lipinski definition) is 2. The first-order valence-electron chi connectivity index (χ1n) is 16.3. The molecule has 0 bridgehead atoms. The SMILES string of the molecule is CCC[C@H]1C(OC2CCCCO2)C[C@H](O)[C@@H]1CC=CCC(O[Si](C)(C)C(C)(C)C)C(C)(C(=O)O)C1CCCCC1. The van der Waals surface area contributed by atoms with Crippen LogP contribution in [0.4, 0.5) is 0 Å². The van der Waals surface area contributed by atoms with Gasteiger partial charge in [-0.05, 0) is 94.2 Å². The van der Waals surface area contributed by atoms with E-state index in [0.29, 0.717) is 18.8 Å². The van der Waals surface area contributed by atoms with Gasteiger partial charge in [-0.1, -0.05) is 65.5 Å². The molecule has 40 heavy (non-hydrogen) atoms. The number of aliphatic hydroxyl groups is 1. The molecule has 3 aliphatic rings. The summed E-state index contributed by atoms with van der Waals surface area (Å²) in [4.78, 5) is 13.0. The van der Waals surface area contributed by atoms with Gasteiger partial charge in [0.05, 0.1) is 23.7 Å². The van der Waals surface area contributed by atoms with Crippen LogP contribution in [0.1, 0.15) is 118 Å². The lowest BCUT2D eigenvalue weighted by molar-refractivity contribution is -0.196. The Morgan fingerprint density at radius 3 is 2.27 bits per heavy atom. The van der Waals surface area contributed by atoms with E-state index in [1.165, 1.54) is 6.42 Å². The van der Waals surface area contributed by atoms with Gasteiger partial charge >= 0.3 is 5.97 Å². The fourth-order valence-electron chi connectivity index (χ4n) is 7.08. The van der Waals surface area contributed by atoms with Gasteiger partial charge in [-0.3, -0.25) is 4.79 Å². The standard InChI is InChI=1S/C33H60O6Si/c1-8-16-26-25(27(34)23-28(26)38-30-21-14-15-22-37-30)19-12-13-20-29(39-40(6,7)32(2,3)4)33(5,31(35)36)24-17-10-9-11-18-24/h12-13,24-30,34H,8-11,14-23H2,1-7H3,(H,35,36)/t25-,26-,27+,28?,29?,30?,33?/m1/s1. The van der Waals surface area contributed by atoms with E-state index in [0.717, 1.165) is 70.8 Å². The van der Waals surface area contributed by atoms with E-state index < -0.39 is 19.7 Å². The summed E-state index contributed by atoms with van der Waals surface area (Å²) < 4.78 is 19.2. The second-order valence-corrected chi connectivity index (χ2v) is 19.4. The minimum absolute atomic E-state index is 0.000661. The highest BCUT2D eigenvalue weighted by Crippen LogP contribution is 2.47. The zero-order valence-corrected chi connectivity index (χ0v) is 27.6. The Hall–Kier alpha value is -0.733. The molecule has 0 radical (unpaired) electrons. The Morgan fingerprint density at radius 2 is 1.70 bits per heavy atom. The first-order valence-corrected chi connectivity index (χ1v) is 19.2. The van der Waals surface area contributed by atoms with Crippen molar-refractivity contribution in [2.75, 3.05) is 6.61 Å². The van der Waals surface area contributed by atoms with E-state index in [4.69, 9.17) is 13.9 Å². The van der Waals surface area contributed by atoms with Crippen LogP contribution in [0, 0.1) is 23.2 Å². The number of carboxylic acid groups (broad SMARTS) is 1. The molecule has 4 unspecified atom stereocenters. The van der Waals surface area contributed by atoms with Crippen molar-refractivity contribution < 1.29 is 28.9 Å². The highest BCUT2D eigenvalue weighted by Gasteiger charge is 2.51. The van der Waals surface area contributed by atoms with Gasteiger partial charge in [-0.2, -0.15) is 0 Å². The first kappa shape index (κ1) is 33.8. The second kappa shape index (κ2) is 14.6. The molecule has 6 nitrogen and oxygen atoms in total. The molecule has 3 rings (SSSR count). The van der Waals surface area contributed by atoms with Gasteiger partial charge in [0.15, 0.2) is 14.6 Å². The van der Waals surface area contributed by atoms with Crippen LogP contribution in [0.5, 0.6) is 0 Å². The lowest BCUT2D eigenvalue weighted by Crippen LogP contribution is -2.54. The summed E-state index contributed by atoms with van der Waals surface area (Å²) in [6.45, 7) is 16.0. The molecule has 0 aromatic rings. The third-order valence-corrected chi connectivity index (χ3v) is 15.3. The van der Waals surface area contributed by atoms with Gasteiger partial charge in [0.2, 0.25) is 0 Å². The van der Waals surface area contributed by atoms with Crippen LogP contribution in [-0.2, 0) is 18.7 Å². The molecule has 1 heterocycles. The lowest BCUT2D eigenvalue weighted by Gasteiger charge is -2.47. The van der Waals surface area contributed by atoms with Crippen LogP contribution in [0.15, 0.2) is 12.2 Å². The zero-order valence-electron chi connectivity index (χ0n) is 26.6. The molecule has 0 spiro atoms. The molecule has 2 aliphatic carbocycles. The predicted octanol–water partition coefficient (Wildman–Crippen LogP) is 8.09. The van der Waals surface area contributed by atoms with Crippen LogP contribution >= 0.6 is 0 Å². The third kappa shape index (κ3) is 8.21. The lowest BCUT2D eigenvalue weighted by atomic mass is 9.66. The summed E-state index contributed by atoms with van der Waals surface area (Å²) in [6, 6.07) is 0. The average Bonchev–Trinajstić information content (AvgIpc) is 3.19. The fraction of sp³-hybridized carbons (Fsp3) is 0.909. The topological polar surface area (TPSA) is 85.2 Å². The predicted molar refractivity (Wildman–Crippen MR) is 164 cm³/mol. The molecule has 1 saturated heterocycles. The maximum Gasteiger partial charge on any atom is 0.312 e. The molecule has 2 saturated carbocycles. The Labute approximate surface area is 245 Å². The number of carboxylic acids is 1. The number of aliphatic carboxylic acids is 1. The van der Waals surface area contributed by atoms with E-state index >= 15 is 0 Å². The quantitative estimate of drug-likeness (QED) is 0.169. The molecule has 7 heteroatoms. The van der Waals surface area contributed by atoms with Gasteiger partial charge in [0.25, 0.3) is 0 Å². The van der Waals surface area contributed by atoms with Crippen molar-refractivity contribution in [1.29, 1.82) is 0 Å². The summed E-state index contributed by atoms with van der Waals surface area (Å²) >= 11 is 0. The zero-order chi connectivity index (χ0) is 29.6. The molecular weight excluding hydrogens is 520 g/mol. The van der Waals surface area contributed by atoms with Crippen LogP contribution < -0.4 is 0 Å². The fourth-order valence-corrected chi connectivity index (χ4v) is 8.49. The molecule has 0 aromatic carbocycles. The van der Waals surface area contributed by atoms with Gasteiger partial charge in [-0.15, -0.1) is 0 Å². The van der Waals surface area contributed by atoms with E-state index in [-0.39, 0.29) is 41.5 Å². The van der Waals surface area contributed by atoms with Crippen molar-refractivity contribution in [1.82, 2.24) is 0 Å². The van der Waals surface area contributed by atoms with Crippen molar-refractivity contribution in [2.45, 2.75) is 161 Å². The van der Waals surface area contributed by atoms with E-state index in [1.54, 1.807) is 0 Å². The van der Waals surface area contributed by atoms with Crippen molar-refractivity contribution in [3.05, 3.63) is 12.2 Å². The summed E-state index contributed by atoms with van der Waals surface area (Å²) in [5, 5.41) is 21.7. The Balaban J connectivity index is 1.75. The third-order valence-electron chi connectivity index (χ3n) is 10.8. The number of rotatable bonds is 13. The van der Waals surface area contributed by atoms with Gasteiger partial charge in [-0.25, -0.2) is 0 Å². The van der Waals surface area contributed by atoms with Crippen LogP contribution in [0.25, 0.3) is 0 Å². The van der Waals surface area contributed by atoms with E-state index in [2.05, 4.69) is 52.9 Å². The van der Waals surface area contributed by atoms with Crippen molar-refractivity contribution >= 4 is 14.3 Å². The van der Waals surface area contributed by atoms with Crippen LogP contribution in [0.2, 0.25) is 18.1 Å². The molecule has 3 fully saturated rings. The first-order chi connectivity index (χ1) is 18.8. The van der Waals surface area contributed by atoms with Gasteiger partial charge < -0.3 is 24.1 Å².